The molecule has 6 heteroatoms. The molecule has 1 aromatic rings. The van der Waals surface area contributed by atoms with Crippen molar-refractivity contribution < 1.29 is 19.1 Å². The lowest BCUT2D eigenvalue weighted by Crippen LogP contribution is -2.47. The summed E-state index contributed by atoms with van der Waals surface area (Å²) in [6, 6.07) is 5.10. The van der Waals surface area contributed by atoms with E-state index in [2.05, 4.69) is 5.32 Å². The van der Waals surface area contributed by atoms with Gasteiger partial charge in [0, 0.05) is 18.3 Å². The summed E-state index contributed by atoms with van der Waals surface area (Å²) in [5.74, 6) is -1.56. The first kappa shape index (κ1) is 14.3. The quantitative estimate of drug-likeness (QED) is 0.874. The van der Waals surface area contributed by atoms with E-state index in [-0.39, 0.29) is 23.8 Å². The number of urea groups is 1. The van der Waals surface area contributed by atoms with Gasteiger partial charge in [0.25, 0.3) is 0 Å². The number of hydrogen-bond donors (Lipinski definition) is 2. The number of carbonyl (C=O) groups is 2. The van der Waals surface area contributed by atoms with Gasteiger partial charge in [-0.2, -0.15) is 0 Å². The highest BCUT2D eigenvalue weighted by molar-refractivity contribution is 5.89. The molecule has 0 saturated carbocycles. The third-order valence-electron chi connectivity index (χ3n) is 3.58. The van der Waals surface area contributed by atoms with Gasteiger partial charge in [-0.05, 0) is 44.0 Å². The molecule has 5 nitrogen and oxygen atoms in total. The molecule has 2 amide bonds. The van der Waals surface area contributed by atoms with Crippen molar-refractivity contribution in [1.82, 2.24) is 4.90 Å². The van der Waals surface area contributed by atoms with Crippen LogP contribution in [0, 0.1) is 11.7 Å². The minimum atomic E-state index is -0.810. The number of nitrogens with one attached hydrogen (secondary N) is 1. The predicted octanol–water partition coefficient (Wildman–Crippen LogP) is 2.54. The zero-order chi connectivity index (χ0) is 14.7. The van der Waals surface area contributed by atoms with Crippen LogP contribution in [0.15, 0.2) is 24.3 Å². The number of piperidine rings is 1. The average molecular weight is 280 g/mol. The molecular formula is C14H17FN2O3. The van der Waals surface area contributed by atoms with E-state index in [1.807, 2.05) is 6.92 Å². The number of halogens is 1. The van der Waals surface area contributed by atoms with Crippen LogP contribution < -0.4 is 5.32 Å². The van der Waals surface area contributed by atoms with Crippen molar-refractivity contribution in [3.05, 3.63) is 30.1 Å². The summed E-state index contributed by atoms with van der Waals surface area (Å²) < 4.78 is 12.8. The number of nitrogens with zero attached hydrogens (tertiary/aromatic N) is 1. The van der Waals surface area contributed by atoms with Crippen LogP contribution in [0.4, 0.5) is 14.9 Å². The second-order valence-electron chi connectivity index (χ2n) is 5.04. The number of benzene rings is 1. The van der Waals surface area contributed by atoms with Crippen molar-refractivity contribution >= 4 is 17.7 Å². The molecule has 2 rings (SSSR count). The molecule has 108 valence electrons. The topological polar surface area (TPSA) is 69.6 Å². The highest BCUT2D eigenvalue weighted by Gasteiger charge is 2.32. The Morgan fingerprint density at radius 1 is 1.35 bits per heavy atom. The summed E-state index contributed by atoms with van der Waals surface area (Å²) in [4.78, 5) is 24.7. The van der Waals surface area contributed by atoms with E-state index in [4.69, 9.17) is 5.11 Å². The van der Waals surface area contributed by atoms with E-state index in [1.165, 1.54) is 24.3 Å². The zero-order valence-electron chi connectivity index (χ0n) is 11.2. The molecule has 2 unspecified atom stereocenters. The molecule has 1 aliphatic heterocycles. The van der Waals surface area contributed by atoms with Gasteiger partial charge in [0.05, 0.1) is 5.92 Å². The van der Waals surface area contributed by atoms with E-state index >= 15 is 0 Å². The lowest BCUT2D eigenvalue weighted by molar-refractivity contribution is -0.143. The molecule has 2 atom stereocenters. The normalized spacial score (nSPS) is 22.4. The van der Waals surface area contributed by atoms with Crippen LogP contribution in [0.1, 0.15) is 19.8 Å². The number of likely N-dealkylation sites (tertiary alicyclic amines) is 1. The summed E-state index contributed by atoms with van der Waals surface area (Å²) in [6.07, 6.45) is 0.905. The molecular weight excluding hydrogens is 263 g/mol. The van der Waals surface area contributed by atoms with E-state index in [9.17, 15) is 14.0 Å². The van der Waals surface area contributed by atoms with Crippen molar-refractivity contribution in [2.24, 2.45) is 5.92 Å². The Morgan fingerprint density at radius 3 is 2.55 bits per heavy atom. The first-order chi connectivity index (χ1) is 9.47. The fourth-order valence-corrected chi connectivity index (χ4v) is 2.43. The van der Waals surface area contributed by atoms with Crippen LogP contribution in [-0.2, 0) is 4.79 Å². The van der Waals surface area contributed by atoms with Gasteiger partial charge in [0.15, 0.2) is 0 Å². The number of hydrogen-bond acceptors (Lipinski definition) is 2. The fourth-order valence-electron chi connectivity index (χ4n) is 2.43. The molecule has 0 aliphatic carbocycles. The molecule has 0 bridgehead atoms. The van der Waals surface area contributed by atoms with Gasteiger partial charge in [0.2, 0.25) is 0 Å². The first-order valence-corrected chi connectivity index (χ1v) is 6.53. The maximum absolute atomic E-state index is 12.8. The Kier molecular flexibility index (Phi) is 4.22. The van der Waals surface area contributed by atoms with Crippen molar-refractivity contribution in [1.29, 1.82) is 0 Å². The van der Waals surface area contributed by atoms with E-state index < -0.39 is 5.97 Å². The minimum absolute atomic E-state index is 0.134. The van der Waals surface area contributed by atoms with E-state index in [1.54, 1.807) is 4.90 Å². The molecule has 1 saturated heterocycles. The highest BCUT2D eigenvalue weighted by Crippen LogP contribution is 2.23. The maximum atomic E-state index is 12.8. The minimum Gasteiger partial charge on any atom is -0.481 e. The predicted molar refractivity (Wildman–Crippen MR) is 71.9 cm³/mol. The van der Waals surface area contributed by atoms with E-state index in [0.717, 1.165) is 0 Å². The van der Waals surface area contributed by atoms with Crippen LogP contribution >= 0.6 is 0 Å². The van der Waals surface area contributed by atoms with Gasteiger partial charge in [-0.25, -0.2) is 9.18 Å². The Labute approximate surface area is 116 Å². The summed E-state index contributed by atoms with van der Waals surface area (Å²) >= 11 is 0. The standard InChI is InChI=1S/C14H17FN2O3/c1-9-8-10(13(18)19)6-7-17(9)14(20)16-12-4-2-11(15)3-5-12/h2-5,9-10H,6-8H2,1H3,(H,16,20)(H,18,19). The van der Waals surface area contributed by atoms with Crippen LogP contribution in [0.2, 0.25) is 0 Å². The van der Waals surface area contributed by atoms with Crippen molar-refractivity contribution in [2.45, 2.75) is 25.8 Å². The van der Waals surface area contributed by atoms with Crippen LogP contribution in [0.3, 0.4) is 0 Å². The molecule has 1 heterocycles. The van der Waals surface area contributed by atoms with Gasteiger partial charge < -0.3 is 15.3 Å². The van der Waals surface area contributed by atoms with Crippen LogP contribution in [0.25, 0.3) is 0 Å². The number of anilines is 1. The number of aliphatic carboxylic acids is 1. The summed E-state index contributed by atoms with van der Waals surface area (Å²) in [7, 11) is 0. The molecule has 1 aliphatic rings. The molecule has 0 radical (unpaired) electrons. The summed E-state index contributed by atoms with van der Waals surface area (Å²) in [6.45, 7) is 2.24. The molecule has 2 N–H and O–H groups in total. The molecule has 1 aromatic carbocycles. The Bertz CT molecular complexity index is 504. The monoisotopic (exact) mass is 280 g/mol. The Hall–Kier alpha value is -2.11. The lowest BCUT2D eigenvalue weighted by atomic mass is 9.92. The largest absolute Gasteiger partial charge is 0.481 e. The molecule has 0 aromatic heterocycles. The van der Waals surface area contributed by atoms with Gasteiger partial charge >= 0.3 is 12.0 Å². The van der Waals surface area contributed by atoms with E-state index in [0.29, 0.717) is 25.1 Å². The second kappa shape index (κ2) is 5.90. The number of carbonyl (C=O) groups excluding carboxylic acids is 1. The number of carboxylic acid groups (broad SMARTS) is 1. The lowest BCUT2D eigenvalue weighted by Gasteiger charge is -2.36. The Morgan fingerprint density at radius 2 is 2.00 bits per heavy atom. The van der Waals surface area contributed by atoms with Crippen molar-refractivity contribution in [2.75, 3.05) is 11.9 Å². The van der Waals surface area contributed by atoms with Gasteiger partial charge in [-0.15, -0.1) is 0 Å². The maximum Gasteiger partial charge on any atom is 0.322 e. The molecule has 20 heavy (non-hydrogen) atoms. The third-order valence-corrected chi connectivity index (χ3v) is 3.58. The number of rotatable bonds is 2. The van der Waals surface area contributed by atoms with Gasteiger partial charge in [0.1, 0.15) is 5.82 Å². The summed E-state index contributed by atoms with van der Waals surface area (Å²) in [5.41, 5.74) is 0.518. The summed E-state index contributed by atoms with van der Waals surface area (Å²) in [5, 5.41) is 11.7. The van der Waals surface area contributed by atoms with Gasteiger partial charge in [-0.1, -0.05) is 0 Å². The SMILES string of the molecule is CC1CC(C(=O)O)CCN1C(=O)Nc1ccc(F)cc1. The average Bonchev–Trinajstić information content (AvgIpc) is 2.41. The zero-order valence-corrected chi connectivity index (χ0v) is 11.2. The number of amides is 2. The van der Waals surface area contributed by atoms with Gasteiger partial charge in [-0.3, -0.25) is 4.79 Å². The highest BCUT2D eigenvalue weighted by atomic mass is 19.1. The fraction of sp³-hybridized carbons (Fsp3) is 0.429. The second-order valence-corrected chi connectivity index (χ2v) is 5.04. The number of carboxylic acids is 1. The Balaban J connectivity index is 1.96. The van der Waals surface area contributed by atoms with Crippen LogP contribution in [0.5, 0.6) is 0 Å². The first-order valence-electron chi connectivity index (χ1n) is 6.53. The van der Waals surface area contributed by atoms with Crippen molar-refractivity contribution in [3.63, 3.8) is 0 Å². The third kappa shape index (κ3) is 3.26. The van der Waals surface area contributed by atoms with Crippen LogP contribution in [-0.4, -0.2) is 34.6 Å². The van der Waals surface area contributed by atoms with Crippen molar-refractivity contribution in [3.8, 4) is 0 Å². The smallest absolute Gasteiger partial charge is 0.322 e. The molecule has 1 fully saturated rings. The molecule has 0 spiro atoms.